The van der Waals surface area contributed by atoms with Crippen LogP contribution in [0.25, 0.3) is 6.08 Å². The second kappa shape index (κ2) is 10.5. The first-order valence-electron chi connectivity index (χ1n) is 9.76. The number of carbonyl (C=O) groups excluding carboxylic acids is 1. The van der Waals surface area contributed by atoms with E-state index in [2.05, 4.69) is 35.8 Å². The zero-order valence-electron chi connectivity index (χ0n) is 17.2. The number of ether oxygens (including phenoxy) is 2. The minimum Gasteiger partial charge on any atom is -0.490 e. The topological polar surface area (TPSA) is 38.8 Å². The zero-order chi connectivity index (χ0) is 21.7. The molecule has 1 heterocycles. The SMILES string of the molecule is CC[C@@H](C)c1ccccc1OCCOc1ccc(Br)cc1/C=C1\SC(=S)N(C)C1=O. The first-order chi connectivity index (χ1) is 14.4. The Hall–Kier alpha value is -1.83. The lowest BCUT2D eigenvalue weighted by molar-refractivity contribution is -0.121. The zero-order valence-corrected chi connectivity index (χ0v) is 20.4. The highest BCUT2D eigenvalue weighted by molar-refractivity contribution is 9.10. The molecule has 0 spiro atoms. The van der Waals surface area contributed by atoms with Crippen LogP contribution in [0.1, 0.15) is 37.3 Å². The molecule has 1 aliphatic heterocycles. The van der Waals surface area contributed by atoms with Crippen molar-refractivity contribution in [1.29, 1.82) is 0 Å². The quantitative estimate of drug-likeness (QED) is 0.240. The molecule has 1 aliphatic rings. The molecule has 0 radical (unpaired) electrons. The summed E-state index contributed by atoms with van der Waals surface area (Å²) in [6.45, 7) is 5.20. The molecule has 0 bridgehead atoms. The smallest absolute Gasteiger partial charge is 0.265 e. The molecule has 158 valence electrons. The maximum atomic E-state index is 12.3. The largest absolute Gasteiger partial charge is 0.490 e. The average Bonchev–Trinajstić information content (AvgIpc) is 2.98. The van der Waals surface area contributed by atoms with Crippen molar-refractivity contribution in [2.24, 2.45) is 0 Å². The van der Waals surface area contributed by atoms with Crippen LogP contribution < -0.4 is 9.47 Å². The van der Waals surface area contributed by atoms with Gasteiger partial charge >= 0.3 is 0 Å². The summed E-state index contributed by atoms with van der Waals surface area (Å²) in [5.41, 5.74) is 2.03. The van der Waals surface area contributed by atoms with Gasteiger partial charge in [-0.2, -0.15) is 0 Å². The van der Waals surface area contributed by atoms with E-state index in [0.29, 0.717) is 34.1 Å². The summed E-state index contributed by atoms with van der Waals surface area (Å²) in [5.74, 6) is 1.94. The van der Waals surface area contributed by atoms with Gasteiger partial charge in [-0.3, -0.25) is 9.69 Å². The van der Waals surface area contributed by atoms with Gasteiger partial charge in [-0.05, 0) is 48.2 Å². The molecule has 0 aliphatic carbocycles. The Morgan fingerprint density at radius 3 is 2.53 bits per heavy atom. The number of nitrogens with zero attached hydrogens (tertiary/aromatic N) is 1. The molecule has 0 saturated carbocycles. The monoisotopic (exact) mass is 505 g/mol. The summed E-state index contributed by atoms with van der Waals surface area (Å²) in [6, 6.07) is 13.9. The maximum absolute atomic E-state index is 12.3. The van der Waals surface area contributed by atoms with E-state index in [-0.39, 0.29) is 5.91 Å². The predicted octanol–water partition coefficient (Wildman–Crippen LogP) is 6.25. The molecule has 4 nitrogen and oxygen atoms in total. The standard InChI is InChI=1S/C23H24BrNO3S2/c1-4-15(2)18-7-5-6-8-20(18)28-12-11-27-19-10-9-17(24)13-16(19)14-21-22(26)25(3)23(29)30-21/h5-10,13-15H,4,11-12H2,1-3H3/b21-14-/t15-/m1/s1. The van der Waals surface area contributed by atoms with Crippen molar-refractivity contribution in [3.8, 4) is 11.5 Å². The number of likely N-dealkylation sites (N-methyl/N-ethyl adjacent to an activating group) is 1. The van der Waals surface area contributed by atoms with Crippen LogP contribution in [0.2, 0.25) is 0 Å². The van der Waals surface area contributed by atoms with Gasteiger partial charge in [0.25, 0.3) is 5.91 Å². The molecule has 1 atom stereocenters. The van der Waals surface area contributed by atoms with Crippen molar-refractivity contribution in [2.75, 3.05) is 20.3 Å². The van der Waals surface area contributed by atoms with Crippen molar-refractivity contribution in [3.05, 3.63) is 63.0 Å². The Balaban J connectivity index is 1.67. The Morgan fingerprint density at radius 1 is 1.17 bits per heavy atom. The summed E-state index contributed by atoms with van der Waals surface area (Å²) in [5, 5.41) is 0. The van der Waals surface area contributed by atoms with Crippen LogP contribution in [0, 0.1) is 0 Å². The highest BCUT2D eigenvalue weighted by Crippen LogP contribution is 2.34. The second-order valence-electron chi connectivity index (χ2n) is 6.97. The molecule has 3 rings (SSSR count). The van der Waals surface area contributed by atoms with Crippen molar-refractivity contribution in [2.45, 2.75) is 26.2 Å². The molecular weight excluding hydrogens is 482 g/mol. The van der Waals surface area contributed by atoms with Crippen LogP contribution >= 0.6 is 39.9 Å². The lowest BCUT2D eigenvalue weighted by atomic mass is 9.98. The van der Waals surface area contributed by atoms with Gasteiger partial charge in [0.1, 0.15) is 29.0 Å². The van der Waals surface area contributed by atoms with Gasteiger partial charge < -0.3 is 9.47 Å². The second-order valence-corrected chi connectivity index (χ2v) is 9.56. The predicted molar refractivity (Wildman–Crippen MR) is 131 cm³/mol. The Kier molecular flexibility index (Phi) is 7.97. The molecule has 0 unspecified atom stereocenters. The van der Waals surface area contributed by atoms with E-state index >= 15 is 0 Å². The number of thioether (sulfide) groups is 1. The fourth-order valence-electron chi connectivity index (χ4n) is 2.99. The number of thiocarbonyl (C=S) groups is 1. The van der Waals surface area contributed by atoms with Crippen LogP contribution in [0.4, 0.5) is 0 Å². The highest BCUT2D eigenvalue weighted by Gasteiger charge is 2.29. The van der Waals surface area contributed by atoms with Gasteiger partial charge in [0.05, 0.1) is 4.91 Å². The molecule has 2 aromatic rings. The number of rotatable bonds is 8. The molecular formula is C23H24BrNO3S2. The van der Waals surface area contributed by atoms with Crippen LogP contribution in [0.3, 0.4) is 0 Å². The molecule has 1 fully saturated rings. The van der Waals surface area contributed by atoms with Crippen LogP contribution in [-0.4, -0.2) is 35.4 Å². The highest BCUT2D eigenvalue weighted by atomic mass is 79.9. The molecule has 1 saturated heterocycles. The number of halogens is 1. The van der Waals surface area contributed by atoms with E-state index in [1.807, 2.05) is 42.5 Å². The first kappa shape index (κ1) is 22.8. The third-order valence-electron chi connectivity index (χ3n) is 4.91. The minimum absolute atomic E-state index is 0.0964. The van der Waals surface area contributed by atoms with Crippen molar-refractivity contribution in [1.82, 2.24) is 4.90 Å². The van der Waals surface area contributed by atoms with E-state index in [1.165, 1.54) is 22.2 Å². The van der Waals surface area contributed by atoms with E-state index in [4.69, 9.17) is 21.7 Å². The Bertz CT molecular complexity index is 977. The van der Waals surface area contributed by atoms with E-state index in [1.54, 1.807) is 7.05 Å². The summed E-state index contributed by atoms with van der Waals surface area (Å²) in [4.78, 5) is 14.4. The summed E-state index contributed by atoms with van der Waals surface area (Å²) in [6.07, 6.45) is 2.88. The van der Waals surface area contributed by atoms with Crippen molar-refractivity contribution in [3.63, 3.8) is 0 Å². The molecule has 2 aromatic carbocycles. The van der Waals surface area contributed by atoms with E-state index in [0.717, 1.165) is 22.2 Å². The summed E-state index contributed by atoms with van der Waals surface area (Å²) >= 11 is 9.99. The third-order valence-corrected chi connectivity index (χ3v) is 6.88. The van der Waals surface area contributed by atoms with Gasteiger partial charge in [0.2, 0.25) is 0 Å². The van der Waals surface area contributed by atoms with Crippen molar-refractivity contribution >= 4 is 56.2 Å². The molecule has 0 N–H and O–H groups in total. The minimum atomic E-state index is -0.0964. The molecule has 30 heavy (non-hydrogen) atoms. The number of carbonyl (C=O) groups is 1. The number of amides is 1. The Labute approximate surface area is 195 Å². The summed E-state index contributed by atoms with van der Waals surface area (Å²) < 4.78 is 13.4. The van der Waals surface area contributed by atoms with Gasteiger partial charge in [0, 0.05) is 17.1 Å². The normalized spacial score (nSPS) is 16.3. The van der Waals surface area contributed by atoms with E-state index < -0.39 is 0 Å². The van der Waals surface area contributed by atoms with Gasteiger partial charge in [-0.25, -0.2) is 0 Å². The molecule has 1 amide bonds. The number of benzene rings is 2. The number of hydrogen-bond donors (Lipinski definition) is 0. The third kappa shape index (κ3) is 5.45. The van der Waals surface area contributed by atoms with Crippen LogP contribution in [0.15, 0.2) is 51.8 Å². The van der Waals surface area contributed by atoms with Crippen LogP contribution in [-0.2, 0) is 4.79 Å². The summed E-state index contributed by atoms with van der Waals surface area (Å²) in [7, 11) is 1.69. The molecule has 7 heteroatoms. The number of hydrogen-bond acceptors (Lipinski definition) is 5. The lowest BCUT2D eigenvalue weighted by Crippen LogP contribution is -2.22. The van der Waals surface area contributed by atoms with Gasteiger partial charge in [0.15, 0.2) is 0 Å². The lowest BCUT2D eigenvalue weighted by Gasteiger charge is -2.16. The van der Waals surface area contributed by atoms with Gasteiger partial charge in [-0.15, -0.1) is 0 Å². The van der Waals surface area contributed by atoms with E-state index in [9.17, 15) is 4.79 Å². The van der Waals surface area contributed by atoms with Crippen molar-refractivity contribution < 1.29 is 14.3 Å². The number of para-hydroxylation sites is 1. The Morgan fingerprint density at radius 2 is 1.87 bits per heavy atom. The molecule has 0 aromatic heterocycles. The average molecular weight is 506 g/mol. The van der Waals surface area contributed by atoms with Crippen LogP contribution in [0.5, 0.6) is 11.5 Å². The fraction of sp³-hybridized carbons (Fsp3) is 0.304. The maximum Gasteiger partial charge on any atom is 0.265 e. The first-order valence-corrected chi connectivity index (χ1v) is 11.8. The van der Waals surface area contributed by atoms with Gasteiger partial charge in [-0.1, -0.05) is 72.0 Å². The fourth-order valence-corrected chi connectivity index (χ4v) is 4.54.